The molecule has 1 aromatic heterocycles. The van der Waals surface area contributed by atoms with Gasteiger partial charge in [-0.1, -0.05) is 32.0 Å². The molecule has 1 amide bonds. The van der Waals surface area contributed by atoms with Crippen molar-refractivity contribution in [1.29, 1.82) is 0 Å². The molecule has 1 aliphatic rings. The van der Waals surface area contributed by atoms with Gasteiger partial charge in [-0.25, -0.2) is 13.1 Å². The quantitative estimate of drug-likeness (QED) is 0.633. The van der Waals surface area contributed by atoms with Crippen LogP contribution in [0.25, 0.3) is 10.9 Å². The van der Waals surface area contributed by atoms with E-state index in [0.717, 1.165) is 16.5 Å². The Hall–Kier alpha value is -2.64. The molecule has 0 atom stereocenters. The summed E-state index contributed by atoms with van der Waals surface area (Å²) in [5, 5.41) is 3.80. The van der Waals surface area contributed by atoms with Gasteiger partial charge in [-0.05, 0) is 35.4 Å². The third kappa shape index (κ3) is 3.24. The van der Waals surface area contributed by atoms with E-state index in [1.54, 1.807) is 12.1 Å². The average molecular weight is 383 g/mol. The number of benzene rings is 2. The van der Waals surface area contributed by atoms with E-state index in [-0.39, 0.29) is 23.8 Å². The molecule has 0 radical (unpaired) electrons. The van der Waals surface area contributed by atoms with Crippen LogP contribution in [0.5, 0.6) is 0 Å². The van der Waals surface area contributed by atoms with E-state index in [1.807, 2.05) is 44.3 Å². The summed E-state index contributed by atoms with van der Waals surface area (Å²) in [6.45, 7) is 4.28. The molecule has 140 valence electrons. The monoisotopic (exact) mass is 383 g/mol. The second-order valence-corrected chi connectivity index (χ2v) is 9.27. The molecular weight excluding hydrogens is 362 g/mol. The summed E-state index contributed by atoms with van der Waals surface area (Å²) in [5.74, 6) is -0.118. The van der Waals surface area contributed by atoms with Crippen LogP contribution in [0, 0.1) is 0 Å². The predicted octanol–water partition coefficient (Wildman–Crippen LogP) is 2.92. The van der Waals surface area contributed by atoms with Gasteiger partial charge in [-0.2, -0.15) is 0 Å². The number of hydrogen-bond acceptors (Lipinski definition) is 3. The molecule has 1 aliphatic heterocycles. The maximum Gasteiger partial charge on any atom is 0.240 e. The van der Waals surface area contributed by atoms with E-state index in [4.69, 9.17) is 0 Å². The summed E-state index contributed by atoms with van der Waals surface area (Å²) in [6.07, 6.45) is 2.14. The van der Waals surface area contributed by atoms with Crippen molar-refractivity contribution in [2.24, 2.45) is 0 Å². The number of para-hydroxylation sites is 1. The molecule has 2 aromatic carbocycles. The first kappa shape index (κ1) is 17.8. The maximum absolute atomic E-state index is 12.8. The van der Waals surface area contributed by atoms with Crippen LogP contribution in [0.4, 0.5) is 5.69 Å². The minimum atomic E-state index is -3.68. The number of anilines is 1. The van der Waals surface area contributed by atoms with E-state index >= 15 is 0 Å². The molecule has 2 heterocycles. The fourth-order valence-electron chi connectivity index (χ4n) is 3.46. The highest BCUT2D eigenvalue weighted by atomic mass is 32.2. The standard InChI is InChI=1S/C20H21N3O3S/c1-20(2,16-11-21-18-6-4-3-5-15(16)18)12-22-27(25,26)14-7-8-17-13(9-14)10-19(24)23-17/h3-9,11,21-22H,10,12H2,1-2H3,(H,23,24). The van der Waals surface area contributed by atoms with Crippen LogP contribution in [0.3, 0.4) is 0 Å². The zero-order chi connectivity index (χ0) is 19.2. The van der Waals surface area contributed by atoms with Crippen molar-refractivity contribution < 1.29 is 13.2 Å². The molecular formula is C20H21N3O3S. The number of aromatic amines is 1. The van der Waals surface area contributed by atoms with Crippen LogP contribution < -0.4 is 10.0 Å². The van der Waals surface area contributed by atoms with Crippen molar-refractivity contribution in [2.45, 2.75) is 30.6 Å². The lowest BCUT2D eigenvalue weighted by atomic mass is 9.85. The van der Waals surface area contributed by atoms with Crippen LogP contribution >= 0.6 is 0 Å². The zero-order valence-corrected chi connectivity index (χ0v) is 16.0. The Balaban J connectivity index is 1.57. The summed E-state index contributed by atoms with van der Waals surface area (Å²) in [5.41, 5.74) is 3.07. The summed E-state index contributed by atoms with van der Waals surface area (Å²) in [4.78, 5) is 14.9. The molecule has 0 unspecified atom stereocenters. The smallest absolute Gasteiger partial charge is 0.240 e. The second kappa shape index (κ2) is 6.21. The lowest BCUT2D eigenvalue weighted by Crippen LogP contribution is -2.36. The average Bonchev–Trinajstić information content (AvgIpc) is 3.22. The Labute approximate surface area is 158 Å². The summed E-state index contributed by atoms with van der Waals surface area (Å²) in [7, 11) is -3.68. The van der Waals surface area contributed by atoms with Crippen molar-refractivity contribution in [3.63, 3.8) is 0 Å². The van der Waals surface area contributed by atoms with Crippen LogP contribution in [0.1, 0.15) is 25.0 Å². The van der Waals surface area contributed by atoms with Gasteiger partial charge in [0.15, 0.2) is 0 Å². The Bertz CT molecular complexity index is 1150. The number of H-pyrrole nitrogens is 1. The molecule has 27 heavy (non-hydrogen) atoms. The predicted molar refractivity (Wildman–Crippen MR) is 105 cm³/mol. The Kier molecular flexibility index (Phi) is 4.09. The second-order valence-electron chi connectivity index (χ2n) is 7.50. The summed E-state index contributed by atoms with van der Waals surface area (Å²) >= 11 is 0. The van der Waals surface area contributed by atoms with Gasteiger partial charge in [0.1, 0.15) is 0 Å². The fourth-order valence-corrected chi connectivity index (χ4v) is 4.72. The number of aromatic nitrogens is 1. The van der Waals surface area contributed by atoms with Gasteiger partial charge >= 0.3 is 0 Å². The zero-order valence-electron chi connectivity index (χ0n) is 15.2. The first-order valence-electron chi connectivity index (χ1n) is 8.75. The normalized spacial score (nSPS) is 14.4. The van der Waals surface area contributed by atoms with Gasteiger partial charge < -0.3 is 10.3 Å². The highest BCUT2D eigenvalue weighted by Gasteiger charge is 2.27. The van der Waals surface area contributed by atoms with Crippen LogP contribution in [0.15, 0.2) is 53.6 Å². The number of amides is 1. The van der Waals surface area contributed by atoms with Gasteiger partial charge in [-0.15, -0.1) is 0 Å². The number of fused-ring (bicyclic) bond motifs is 2. The molecule has 0 saturated heterocycles. The van der Waals surface area contributed by atoms with Gasteiger partial charge in [-0.3, -0.25) is 4.79 Å². The molecule has 0 saturated carbocycles. The molecule has 4 rings (SSSR count). The van der Waals surface area contributed by atoms with Crippen molar-refractivity contribution in [2.75, 3.05) is 11.9 Å². The summed E-state index contributed by atoms with van der Waals surface area (Å²) < 4.78 is 28.3. The first-order chi connectivity index (χ1) is 12.8. The fraction of sp³-hybridized carbons (Fsp3) is 0.250. The third-order valence-electron chi connectivity index (χ3n) is 5.03. The number of carbonyl (C=O) groups excluding carboxylic acids is 1. The lowest BCUT2D eigenvalue weighted by molar-refractivity contribution is -0.115. The minimum Gasteiger partial charge on any atom is -0.361 e. The van der Waals surface area contributed by atoms with Crippen molar-refractivity contribution in [3.05, 3.63) is 59.8 Å². The van der Waals surface area contributed by atoms with E-state index in [9.17, 15) is 13.2 Å². The molecule has 3 aromatic rings. The van der Waals surface area contributed by atoms with Crippen LogP contribution in [0.2, 0.25) is 0 Å². The van der Waals surface area contributed by atoms with Crippen LogP contribution in [-0.4, -0.2) is 25.9 Å². The minimum absolute atomic E-state index is 0.118. The van der Waals surface area contributed by atoms with Crippen LogP contribution in [-0.2, 0) is 26.7 Å². The molecule has 6 nitrogen and oxygen atoms in total. The first-order valence-corrected chi connectivity index (χ1v) is 10.2. The lowest BCUT2D eigenvalue weighted by Gasteiger charge is -2.25. The third-order valence-corrected chi connectivity index (χ3v) is 6.43. The highest BCUT2D eigenvalue weighted by Crippen LogP contribution is 2.31. The largest absolute Gasteiger partial charge is 0.361 e. The maximum atomic E-state index is 12.8. The number of rotatable bonds is 5. The van der Waals surface area contributed by atoms with Crippen molar-refractivity contribution in [3.8, 4) is 0 Å². The van der Waals surface area contributed by atoms with Crippen molar-refractivity contribution >= 4 is 32.5 Å². The van der Waals surface area contributed by atoms with E-state index in [2.05, 4.69) is 15.0 Å². The topological polar surface area (TPSA) is 91.1 Å². The van der Waals surface area contributed by atoms with Gasteiger partial charge in [0, 0.05) is 34.7 Å². The molecule has 3 N–H and O–H groups in total. The van der Waals surface area contributed by atoms with E-state index in [1.165, 1.54) is 6.07 Å². The summed E-state index contributed by atoms with van der Waals surface area (Å²) in [6, 6.07) is 12.7. The Morgan fingerprint density at radius 3 is 2.74 bits per heavy atom. The molecule has 0 bridgehead atoms. The molecule has 0 fully saturated rings. The molecule has 0 aliphatic carbocycles. The molecule has 7 heteroatoms. The SMILES string of the molecule is CC(C)(CNS(=O)(=O)c1ccc2c(c1)CC(=O)N2)c1c[nH]c2ccccc12. The number of hydrogen-bond donors (Lipinski definition) is 3. The van der Waals surface area contributed by atoms with Gasteiger partial charge in [0.05, 0.1) is 11.3 Å². The van der Waals surface area contributed by atoms with E-state index < -0.39 is 15.4 Å². The number of sulfonamides is 1. The Morgan fingerprint density at radius 1 is 1.15 bits per heavy atom. The van der Waals surface area contributed by atoms with Gasteiger partial charge in [0.25, 0.3) is 0 Å². The van der Waals surface area contributed by atoms with E-state index in [0.29, 0.717) is 11.3 Å². The van der Waals surface area contributed by atoms with Gasteiger partial charge in [0.2, 0.25) is 15.9 Å². The number of carbonyl (C=O) groups is 1. The number of nitrogens with one attached hydrogen (secondary N) is 3. The highest BCUT2D eigenvalue weighted by molar-refractivity contribution is 7.89. The molecule has 0 spiro atoms. The van der Waals surface area contributed by atoms with Crippen molar-refractivity contribution in [1.82, 2.24) is 9.71 Å². The Morgan fingerprint density at radius 2 is 1.93 bits per heavy atom.